The fourth-order valence-corrected chi connectivity index (χ4v) is 2.93. The van der Waals surface area contributed by atoms with Gasteiger partial charge in [-0.05, 0) is 54.6 Å². The third kappa shape index (κ3) is 6.33. The van der Waals surface area contributed by atoms with Crippen molar-refractivity contribution < 1.29 is 28.6 Å². The highest BCUT2D eigenvalue weighted by Crippen LogP contribution is 2.25. The minimum absolute atomic E-state index is 0.275. The molecule has 0 spiro atoms. The lowest BCUT2D eigenvalue weighted by Crippen LogP contribution is -2.31. The summed E-state index contributed by atoms with van der Waals surface area (Å²) in [6, 6.07) is 20.2. The van der Waals surface area contributed by atoms with Crippen molar-refractivity contribution in [2.75, 3.05) is 20.3 Å². The van der Waals surface area contributed by atoms with E-state index in [2.05, 4.69) is 5.32 Å². The van der Waals surface area contributed by atoms with Crippen LogP contribution >= 0.6 is 11.6 Å². The molecule has 0 unspecified atom stereocenters. The average molecular weight is 454 g/mol. The Hall–Kier alpha value is -3.84. The largest absolute Gasteiger partial charge is 0.495 e. The molecule has 0 saturated heterocycles. The van der Waals surface area contributed by atoms with Crippen molar-refractivity contribution in [1.29, 1.82) is 0 Å². The standard InChI is InChI=1S/C24H20ClNO6/c1-30-22-12-9-17(13-20(22)25)21(27)15-31-23(28)14-26-24(29)16-7-10-19(11-8-16)32-18-5-3-2-4-6-18/h2-13H,14-15H2,1H3,(H,26,29). The number of para-hydroxylation sites is 1. The van der Waals surface area contributed by atoms with Crippen LogP contribution in [-0.2, 0) is 9.53 Å². The Balaban J connectivity index is 1.44. The summed E-state index contributed by atoms with van der Waals surface area (Å²) in [5, 5.41) is 2.73. The smallest absolute Gasteiger partial charge is 0.325 e. The second-order valence-corrected chi connectivity index (χ2v) is 6.96. The van der Waals surface area contributed by atoms with Crippen molar-refractivity contribution in [3.63, 3.8) is 0 Å². The van der Waals surface area contributed by atoms with Gasteiger partial charge in [0.2, 0.25) is 0 Å². The molecule has 0 aliphatic carbocycles. The number of rotatable bonds is 9. The van der Waals surface area contributed by atoms with Crippen LogP contribution in [0.5, 0.6) is 17.2 Å². The first kappa shape index (κ1) is 22.8. The minimum atomic E-state index is -0.740. The maximum Gasteiger partial charge on any atom is 0.325 e. The zero-order chi connectivity index (χ0) is 22.9. The number of Topliss-reactive ketones (excluding diaryl/α,β-unsaturated/α-hetero) is 1. The molecule has 164 valence electrons. The third-order valence-electron chi connectivity index (χ3n) is 4.33. The SMILES string of the molecule is COc1ccc(C(=O)COC(=O)CNC(=O)c2ccc(Oc3ccccc3)cc2)cc1Cl. The summed E-state index contributed by atoms with van der Waals surface area (Å²) in [6.07, 6.45) is 0. The van der Waals surface area contributed by atoms with Crippen LogP contribution in [0.1, 0.15) is 20.7 Å². The fraction of sp³-hybridized carbons (Fsp3) is 0.125. The fourth-order valence-electron chi connectivity index (χ4n) is 2.67. The highest BCUT2D eigenvalue weighted by atomic mass is 35.5. The molecule has 0 aromatic heterocycles. The molecule has 3 aromatic rings. The van der Waals surface area contributed by atoms with Crippen LogP contribution in [0, 0.1) is 0 Å². The first-order valence-electron chi connectivity index (χ1n) is 9.60. The van der Waals surface area contributed by atoms with Gasteiger partial charge in [0.15, 0.2) is 12.4 Å². The van der Waals surface area contributed by atoms with Gasteiger partial charge in [-0.3, -0.25) is 14.4 Å². The van der Waals surface area contributed by atoms with E-state index in [0.717, 1.165) is 0 Å². The molecule has 1 N–H and O–H groups in total. The molecular formula is C24H20ClNO6. The van der Waals surface area contributed by atoms with Crippen LogP contribution in [0.2, 0.25) is 5.02 Å². The normalized spacial score (nSPS) is 10.2. The number of esters is 1. The second-order valence-electron chi connectivity index (χ2n) is 6.56. The number of carbonyl (C=O) groups excluding carboxylic acids is 3. The molecule has 0 aliphatic rings. The van der Waals surface area contributed by atoms with Gasteiger partial charge in [-0.2, -0.15) is 0 Å². The number of ether oxygens (including phenoxy) is 3. The molecule has 32 heavy (non-hydrogen) atoms. The van der Waals surface area contributed by atoms with E-state index in [4.69, 9.17) is 25.8 Å². The predicted octanol–water partition coefficient (Wildman–Crippen LogP) is 4.30. The van der Waals surface area contributed by atoms with Crippen molar-refractivity contribution in [3.05, 3.63) is 88.9 Å². The number of ketones is 1. The van der Waals surface area contributed by atoms with Crippen molar-refractivity contribution >= 4 is 29.3 Å². The predicted molar refractivity (Wildman–Crippen MR) is 119 cm³/mol. The molecular weight excluding hydrogens is 434 g/mol. The summed E-state index contributed by atoms with van der Waals surface area (Å²) in [5.74, 6) is 0.0610. The average Bonchev–Trinajstić information content (AvgIpc) is 2.82. The maximum atomic E-state index is 12.2. The number of hydrogen-bond acceptors (Lipinski definition) is 6. The van der Waals surface area contributed by atoms with Crippen LogP contribution in [0.3, 0.4) is 0 Å². The van der Waals surface area contributed by atoms with Gasteiger partial charge in [-0.1, -0.05) is 29.8 Å². The Morgan fingerprint density at radius 1 is 0.875 bits per heavy atom. The first-order valence-corrected chi connectivity index (χ1v) is 9.97. The van der Waals surface area contributed by atoms with E-state index in [1.54, 1.807) is 30.3 Å². The van der Waals surface area contributed by atoms with E-state index in [1.165, 1.54) is 19.2 Å². The lowest BCUT2D eigenvalue weighted by atomic mass is 10.1. The zero-order valence-electron chi connectivity index (χ0n) is 17.2. The highest BCUT2D eigenvalue weighted by Gasteiger charge is 2.14. The van der Waals surface area contributed by atoms with Gasteiger partial charge in [0.05, 0.1) is 12.1 Å². The molecule has 0 saturated carbocycles. The lowest BCUT2D eigenvalue weighted by Gasteiger charge is -2.08. The van der Waals surface area contributed by atoms with Crippen molar-refractivity contribution in [2.45, 2.75) is 0 Å². The highest BCUT2D eigenvalue weighted by molar-refractivity contribution is 6.32. The quantitative estimate of drug-likeness (QED) is 0.384. The number of halogens is 1. The zero-order valence-corrected chi connectivity index (χ0v) is 17.9. The number of methoxy groups -OCH3 is 1. The van der Waals surface area contributed by atoms with Gasteiger partial charge in [0.25, 0.3) is 5.91 Å². The van der Waals surface area contributed by atoms with Gasteiger partial charge < -0.3 is 19.5 Å². The summed E-state index contributed by atoms with van der Waals surface area (Å²) in [4.78, 5) is 36.3. The van der Waals surface area contributed by atoms with Crippen LogP contribution in [-0.4, -0.2) is 37.9 Å². The van der Waals surface area contributed by atoms with Crippen LogP contribution in [0.4, 0.5) is 0 Å². The summed E-state index contributed by atoms with van der Waals surface area (Å²) in [5.41, 5.74) is 0.632. The van der Waals surface area contributed by atoms with Crippen molar-refractivity contribution in [1.82, 2.24) is 5.32 Å². The number of benzene rings is 3. The molecule has 8 heteroatoms. The number of nitrogens with one attached hydrogen (secondary N) is 1. The van der Waals surface area contributed by atoms with Crippen LogP contribution in [0.25, 0.3) is 0 Å². The van der Waals surface area contributed by atoms with E-state index in [-0.39, 0.29) is 17.1 Å². The van der Waals surface area contributed by atoms with Gasteiger partial charge in [-0.15, -0.1) is 0 Å². The van der Waals surface area contributed by atoms with E-state index >= 15 is 0 Å². The number of hydrogen-bond donors (Lipinski definition) is 1. The Morgan fingerprint density at radius 2 is 1.53 bits per heavy atom. The summed E-state index contributed by atoms with van der Waals surface area (Å²) < 4.78 is 15.6. The third-order valence-corrected chi connectivity index (χ3v) is 4.62. The molecule has 0 radical (unpaired) electrons. The molecule has 0 heterocycles. The van der Waals surface area contributed by atoms with Crippen LogP contribution < -0.4 is 14.8 Å². The first-order chi connectivity index (χ1) is 15.5. The molecule has 0 bridgehead atoms. The summed E-state index contributed by atoms with van der Waals surface area (Å²) in [6.45, 7) is -0.847. The van der Waals surface area contributed by atoms with E-state index in [0.29, 0.717) is 22.8 Å². The lowest BCUT2D eigenvalue weighted by molar-refractivity contribution is -0.141. The second kappa shape index (κ2) is 11.0. The minimum Gasteiger partial charge on any atom is -0.495 e. The van der Waals surface area contributed by atoms with E-state index in [1.807, 2.05) is 30.3 Å². The molecule has 0 aliphatic heterocycles. The molecule has 1 amide bonds. The summed E-state index contributed by atoms with van der Waals surface area (Å²) >= 11 is 5.99. The van der Waals surface area contributed by atoms with E-state index in [9.17, 15) is 14.4 Å². The van der Waals surface area contributed by atoms with Crippen molar-refractivity contribution in [2.24, 2.45) is 0 Å². The number of amides is 1. The van der Waals surface area contributed by atoms with Crippen LogP contribution in [0.15, 0.2) is 72.8 Å². The molecule has 3 aromatic carbocycles. The molecule has 0 atom stereocenters. The monoisotopic (exact) mass is 453 g/mol. The van der Waals surface area contributed by atoms with Gasteiger partial charge in [0, 0.05) is 11.1 Å². The Kier molecular flexibility index (Phi) is 7.83. The van der Waals surface area contributed by atoms with E-state index < -0.39 is 24.3 Å². The maximum absolute atomic E-state index is 12.2. The van der Waals surface area contributed by atoms with Gasteiger partial charge >= 0.3 is 5.97 Å². The van der Waals surface area contributed by atoms with Gasteiger partial charge in [-0.25, -0.2) is 0 Å². The molecule has 7 nitrogen and oxygen atoms in total. The summed E-state index contributed by atoms with van der Waals surface area (Å²) in [7, 11) is 1.46. The Bertz CT molecular complexity index is 1100. The topological polar surface area (TPSA) is 90.9 Å². The Morgan fingerprint density at radius 3 is 2.19 bits per heavy atom. The number of carbonyl (C=O) groups is 3. The molecule has 3 rings (SSSR count). The molecule has 0 fully saturated rings. The Labute approximate surface area is 189 Å². The van der Waals surface area contributed by atoms with Crippen molar-refractivity contribution in [3.8, 4) is 17.2 Å². The van der Waals surface area contributed by atoms with Gasteiger partial charge in [0.1, 0.15) is 23.8 Å².